The van der Waals surface area contributed by atoms with Crippen LogP contribution in [0, 0.1) is 10.1 Å². The minimum Gasteiger partial charge on any atom is -0.459 e. The molecule has 0 saturated carbocycles. The average molecular weight is 372 g/mol. The largest absolute Gasteiger partial charge is 0.459 e. The molecule has 1 aliphatic heterocycles. The fourth-order valence-electron chi connectivity index (χ4n) is 2.96. The van der Waals surface area contributed by atoms with E-state index >= 15 is 0 Å². The lowest BCUT2D eigenvalue weighted by Gasteiger charge is -2.36. The van der Waals surface area contributed by atoms with Crippen molar-refractivity contribution in [2.75, 3.05) is 44.7 Å². The van der Waals surface area contributed by atoms with Gasteiger partial charge in [-0.25, -0.2) is 0 Å². The van der Waals surface area contributed by atoms with Crippen molar-refractivity contribution in [3.63, 3.8) is 0 Å². The van der Waals surface area contributed by atoms with Crippen LogP contribution in [0.5, 0.6) is 0 Å². The summed E-state index contributed by atoms with van der Waals surface area (Å²) in [6.07, 6.45) is 1.42. The molecule has 1 aliphatic rings. The van der Waals surface area contributed by atoms with Gasteiger partial charge in [0.15, 0.2) is 5.76 Å². The fourth-order valence-corrected chi connectivity index (χ4v) is 2.96. The van der Waals surface area contributed by atoms with Crippen LogP contribution in [0.2, 0.25) is 0 Å². The van der Waals surface area contributed by atoms with E-state index in [9.17, 15) is 19.7 Å². The van der Waals surface area contributed by atoms with Gasteiger partial charge in [-0.2, -0.15) is 0 Å². The number of likely N-dealkylation sites (N-methyl/N-ethyl adjacent to an activating group) is 1. The van der Waals surface area contributed by atoms with Gasteiger partial charge in [-0.15, -0.1) is 0 Å². The lowest BCUT2D eigenvalue weighted by Crippen LogP contribution is -2.51. The highest BCUT2D eigenvalue weighted by Crippen LogP contribution is 2.20. The SMILES string of the molecule is CN(CC(=O)N1CCN(c2ccc([N+](=O)[O-])cc2)CC1)C(=O)c1ccco1. The molecule has 0 spiro atoms. The normalized spacial score (nSPS) is 14.1. The van der Waals surface area contributed by atoms with E-state index in [4.69, 9.17) is 4.42 Å². The Morgan fingerprint density at radius 3 is 2.37 bits per heavy atom. The molecule has 2 heterocycles. The number of anilines is 1. The van der Waals surface area contributed by atoms with Crippen LogP contribution >= 0.6 is 0 Å². The summed E-state index contributed by atoms with van der Waals surface area (Å²) < 4.78 is 5.06. The Balaban J connectivity index is 1.51. The lowest BCUT2D eigenvalue weighted by molar-refractivity contribution is -0.384. The molecular formula is C18H20N4O5. The monoisotopic (exact) mass is 372 g/mol. The predicted molar refractivity (Wildman–Crippen MR) is 97.6 cm³/mol. The number of carbonyl (C=O) groups excluding carboxylic acids is 2. The molecule has 2 amide bonds. The summed E-state index contributed by atoms with van der Waals surface area (Å²) in [5, 5.41) is 10.7. The molecule has 9 nitrogen and oxygen atoms in total. The molecule has 0 unspecified atom stereocenters. The van der Waals surface area contributed by atoms with Gasteiger partial charge in [0.25, 0.3) is 11.6 Å². The van der Waals surface area contributed by atoms with Crippen LogP contribution in [-0.4, -0.2) is 66.3 Å². The van der Waals surface area contributed by atoms with Crippen LogP contribution in [-0.2, 0) is 4.79 Å². The molecule has 142 valence electrons. The number of benzene rings is 1. The highest BCUT2D eigenvalue weighted by molar-refractivity contribution is 5.94. The number of furan rings is 1. The van der Waals surface area contributed by atoms with Gasteiger partial charge >= 0.3 is 0 Å². The number of carbonyl (C=O) groups is 2. The molecule has 2 aromatic rings. The van der Waals surface area contributed by atoms with Gasteiger partial charge in [-0.1, -0.05) is 0 Å². The molecule has 1 fully saturated rings. The Hall–Kier alpha value is -3.36. The Morgan fingerprint density at radius 2 is 1.81 bits per heavy atom. The molecule has 3 rings (SSSR count). The Labute approximate surface area is 155 Å². The summed E-state index contributed by atoms with van der Waals surface area (Å²) in [6.45, 7) is 2.28. The molecule has 0 aliphatic carbocycles. The van der Waals surface area contributed by atoms with Gasteiger partial charge in [0.1, 0.15) is 0 Å². The highest BCUT2D eigenvalue weighted by Gasteiger charge is 2.24. The fraction of sp³-hybridized carbons (Fsp3) is 0.333. The molecule has 27 heavy (non-hydrogen) atoms. The van der Waals surface area contributed by atoms with E-state index in [1.165, 1.54) is 23.3 Å². The summed E-state index contributed by atoms with van der Waals surface area (Å²) in [5.41, 5.74) is 0.939. The molecule has 1 aromatic heterocycles. The van der Waals surface area contributed by atoms with Crippen molar-refractivity contribution in [3.8, 4) is 0 Å². The lowest BCUT2D eigenvalue weighted by atomic mass is 10.2. The zero-order valence-corrected chi connectivity index (χ0v) is 14.9. The summed E-state index contributed by atoms with van der Waals surface area (Å²) >= 11 is 0. The topological polar surface area (TPSA) is 100 Å². The number of nitrogens with zero attached hydrogens (tertiary/aromatic N) is 4. The van der Waals surface area contributed by atoms with Crippen molar-refractivity contribution < 1.29 is 18.9 Å². The minimum absolute atomic E-state index is 0.0168. The first-order chi connectivity index (χ1) is 13.0. The number of nitro benzene ring substituents is 1. The van der Waals surface area contributed by atoms with E-state index in [0.29, 0.717) is 26.2 Å². The van der Waals surface area contributed by atoms with Crippen LogP contribution in [0.25, 0.3) is 0 Å². The predicted octanol–water partition coefficient (Wildman–Crippen LogP) is 1.61. The zero-order chi connectivity index (χ0) is 19.4. The smallest absolute Gasteiger partial charge is 0.289 e. The second-order valence-electron chi connectivity index (χ2n) is 6.28. The van der Waals surface area contributed by atoms with Crippen molar-refractivity contribution in [2.45, 2.75) is 0 Å². The van der Waals surface area contributed by atoms with Gasteiger partial charge in [-0.3, -0.25) is 19.7 Å². The summed E-state index contributed by atoms with van der Waals surface area (Å²) in [6, 6.07) is 9.56. The quantitative estimate of drug-likeness (QED) is 0.584. The molecule has 0 radical (unpaired) electrons. The first-order valence-corrected chi connectivity index (χ1v) is 8.52. The van der Waals surface area contributed by atoms with Gasteiger partial charge < -0.3 is 19.1 Å². The minimum atomic E-state index is -0.430. The molecule has 0 bridgehead atoms. The first kappa shape index (κ1) is 18.4. The third-order valence-electron chi connectivity index (χ3n) is 4.51. The number of hydrogen-bond donors (Lipinski definition) is 0. The van der Waals surface area contributed by atoms with Crippen LogP contribution in [0.4, 0.5) is 11.4 Å². The molecule has 0 atom stereocenters. The van der Waals surface area contributed by atoms with Crippen LogP contribution in [0.15, 0.2) is 47.1 Å². The van der Waals surface area contributed by atoms with E-state index < -0.39 is 4.92 Å². The summed E-state index contributed by atoms with van der Waals surface area (Å²) in [4.78, 5) is 40.0. The average Bonchev–Trinajstić information content (AvgIpc) is 3.22. The third kappa shape index (κ3) is 4.25. The molecule has 0 N–H and O–H groups in total. The molecule has 9 heteroatoms. The van der Waals surface area contributed by atoms with Crippen molar-refractivity contribution >= 4 is 23.2 Å². The Kier molecular flexibility index (Phi) is 5.39. The summed E-state index contributed by atoms with van der Waals surface area (Å²) in [5.74, 6) is -0.257. The van der Waals surface area contributed by atoms with Crippen LogP contribution < -0.4 is 4.90 Å². The second-order valence-corrected chi connectivity index (χ2v) is 6.28. The molecule has 1 aromatic carbocycles. The number of piperazine rings is 1. The number of nitro groups is 1. The summed E-state index contributed by atoms with van der Waals surface area (Å²) in [7, 11) is 1.57. The number of hydrogen-bond acceptors (Lipinski definition) is 6. The number of rotatable bonds is 5. The van der Waals surface area contributed by atoms with E-state index in [-0.39, 0.29) is 29.8 Å². The van der Waals surface area contributed by atoms with Gasteiger partial charge in [0.05, 0.1) is 17.7 Å². The first-order valence-electron chi connectivity index (χ1n) is 8.52. The standard InChI is InChI=1S/C18H20N4O5/c1-19(18(24)16-3-2-12-27-16)13-17(23)21-10-8-20(9-11-21)14-4-6-15(7-5-14)22(25)26/h2-7,12H,8-11,13H2,1H3. The Bertz CT molecular complexity index is 811. The number of amides is 2. The Morgan fingerprint density at radius 1 is 1.15 bits per heavy atom. The van der Waals surface area contributed by atoms with Gasteiger partial charge in [0.2, 0.25) is 5.91 Å². The van der Waals surface area contributed by atoms with Crippen LogP contribution in [0.1, 0.15) is 10.6 Å². The maximum atomic E-state index is 12.5. The van der Waals surface area contributed by atoms with Gasteiger partial charge in [-0.05, 0) is 24.3 Å². The molecule has 1 saturated heterocycles. The van der Waals surface area contributed by atoms with Crippen molar-refractivity contribution in [1.82, 2.24) is 9.80 Å². The van der Waals surface area contributed by atoms with E-state index in [1.54, 1.807) is 36.2 Å². The maximum Gasteiger partial charge on any atom is 0.289 e. The highest BCUT2D eigenvalue weighted by atomic mass is 16.6. The van der Waals surface area contributed by atoms with Crippen molar-refractivity contribution in [1.29, 1.82) is 0 Å². The second kappa shape index (κ2) is 7.90. The van der Waals surface area contributed by atoms with Crippen molar-refractivity contribution in [2.24, 2.45) is 0 Å². The third-order valence-corrected chi connectivity index (χ3v) is 4.51. The zero-order valence-electron chi connectivity index (χ0n) is 14.9. The van der Waals surface area contributed by atoms with Crippen LogP contribution in [0.3, 0.4) is 0 Å². The van der Waals surface area contributed by atoms with Gasteiger partial charge in [0, 0.05) is 51.0 Å². The van der Waals surface area contributed by atoms with E-state index in [0.717, 1.165) is 5.69 Å². The number of non-ortho nitro benzene ring substituents is 1. The van der Waals surface area contributed by atoms with E-state index in [1.807, 2.05) is 0 Å². The maximum absolute atomic E-state index is 12.5. The van der Waals surface area contributed by atoms with E-state index in [2.05, 4.69) is 4.90 Å². The van der Waals surface area contributed by atoms with Crippen molar-refractivity contribution in [3.05, 3.63) is 58.5 Å². The molecular weight excluding hydrogens is 352 g/mol.